The molecule has 2 aromatic carbocycles. The summed E-state index contributed by atoms with van der Waals surface area (Å²) in [4.78, 5) is 30.2. The van der Waals surface area contributed by atoms with E-state index in [9.17, 15) is 14.7 Å². The van der Waals surface area contributed by atoms with Gasteiger partial charge in [0.2, 0.25) is 0 Å². The number of aryl methyl sites for hydroxylation is 1. The summed E-state index contributed by atoms with van der Waals surface area (Å²) in [5.74, 6) is -0.616. The van der Waals surface area contributed by atoms with E-state index < -0.39 is 17.7 Å². The average molecular weight is 501 g/mol. The van der Waals surface area contributed by atoms with Gasteiger partial charge in [0.25, 0.3) is 11.6 Å². The minimum atomic E-state index is -2.19. The molecule has 32 heavy (non-hydrogen) atoms. The number of fused-ring (bicyclic) bond motifs is 1. The molecule has 2 atom stereocenters. The summed E-state index contributed by atoms with van der Waals surface area (Å²) < 4.78 is 0.702. The first-order valence-electron chi connectivity index (χ1n) is 11.1. The standard InChI is InChI=1S/C24H29BrN4O3/c1-3-16-7-10-18(11-8-16)29-23(31)27-21-12-9-17(25)14-20(21)24(29,32)22(30)26-15-19-6-5-13-28(19)4-2/h7-12,14,19,32H,3-6,13,15H2,1-2H3,(H,26,30)(H,27,31)/t19-,24+/m0/s1. The molecule has 0 aromatic heterocycles. The van der Waals surface area contributed by atoms with Gasteiger partial charge in [-0.15, -0.1) is 0 Å². The number of nitrogens with one attached hydrogen (secondary N) is 2. The number of hydrogen-bond donors (Lipinski definition) is 3. The van der Waals surface area contributed by atoms with Crippen LogP contribution in [0.3, 0.4) is 0 Å². The summed E-state index contributed by atoms with van der Waals surface area (Å²) in [5.41, 5.74) is 0.0861. The Labute approximate surface area is 196 Å². The van der Waals surface area contributed by atoms with Crippen molar-refractivity contribution in [3.05, 3.63) is 58.1 Å². The Balaban J connectivity index is 1.72. The van der Waals surface area contributed by atoms with Crippen LogP contribution in [0.25, 0.3) is 0 Å². The van der Waals surface area contributed by atoms with E-state index >= 15 is 0 Å². The number of urea groups is 1. The summed E-state index contributed by atoms with van der Waals surface area (Å²) in [6.45, 7) is 6.49. The molecule has 1 fully saturated rings. The van der Waals surface area contributed by atoms with Crippen LogP contribution in [-0.4, -0.2) is 47.6 Å². The van der Waals surface area contributed by atoms with E-state index in [1.54, 1.807) is 30.3 Å². The van der Waals surface area contributed by atoms with E-state index in [0.29, 0.717) is 28.0 Å². The highest BCUT2D eigenvalue weighted by Gasteiger charge is 2.52. The molecule has 0 radical (unpaired) electrons. The van der Waals surface area contributed by atoms with Gasteiger partial charge in [-0.1, -0.05) is 41.9 Å². The van der Waals surface area contributed by atoms with Crippen molar-refractivity contribution >= 4 is 39.2 Å². The second-order valence-corrected chi connectivity index (χ2v) is 9.20. The van der Waals surface area contributed by atoms with Crippen LogP contribution in [-0.2, 0) is 16.9 Å². The zero-order valence-corrected chi connectivity index (χ0v) is 20.0. The molecule has 1 saturated heterocycles. The summed E-state index contributed by atoms with van der Waals surface area (Å²) in [7, 11) is 0. The number of carbonyl (C=O) groups excluding carboxylic acids is 2. The summed E-state index contributed by atoms with van der Waals surface area (Å²) in [6, 6.07) is 12.1. The molecule has 3 N–H and O–H groups in total. The van der Waals surface area contributed by atoms with Crippen molar-refractivity contribution in [1.82, 2.24) is 10.2 Å². The van der Waals surface area contributed by atoms with E-state index in [1.807, 2.05) is 19.1 Å². The van der Waals surface area contributed by atoms with Crippen molar-refractivity contribution < 1.29 is 14.7 Å². The Bertz CT molecular complexity index is 1010. The molecule has 2 heterocycles. The Morgan fingerprint density at radius 2 is 2.00 bits per heavy atom. The molecule has 0 bridgehead atoms. The molecule has 2 aromatic rings. The van der Waals surface area contributed by atoms with Gasteiger partial charge in [0.05, 0.1) is 5.69 Å². The SMILES string of the molecule is CCc1ccc(N2C(=O)Nc3ccc(Br)cc3[C@@]2(O)C(=O)NC[C@@H]2CCCN2CC)cc1. The van der Waals surface area contributed by atoms with Crippen molar-refractivity contribution in [3.8, 4) is 0 Å². The number of rotatable bonds is 6. The lowest BCUT2D eigenvalue weighted by Crippen LogP contribution is -2.63. The second-order valence-electron chi connectivity index (χ2n) is 8.28. The predicted molar refractivity (Wildman–Crippen MR) is 129 cm³/mol. The average Bonchev–Trinajstić information content (AvgIpc) is 3.26. The number of halogens is 1. The first kappa shape index (κ1) is 22.8. The molecule has 7 nitrogen and oxygen atoms in total. The van der Waals surface area contributed by atoms with Crippen molar-refractivity contribution in [2.24, 2.45) is 0 Å². The van der Waals surface area contributed by atoms with Gasteiger partial charge < -0.3 is 15.7 Å². The summed E-state index contributed by atoms with van der Waals surface area (Å²) in [5, 5.41) is 17.7. The number of anilines is 2. The van der Waals surface area contributed by atoms with Gasteiger partial charge in [-0.2, -0.15) is 0 Å². The zero-order chi connectivity index (χ0) is 22.9. The van der Waals surface area contributed by atoms with Gasteiger partial charge >= 0.3 is 6.03 Å². The Morgan fingerprint density at radius 3 is 2.69 bits per heavy atom. The zero-order valence-electron chi connectivity index (χ0n) is 18.4. The number of benzene rings is 2. The monoisotopic (exact) mass is 500 g/mol. The smallest absolute Gasteiger partial charge is 0.329 e. The predicted octanol–water partition coefficient (Wildman–Crippen LogP) is 3.81. The van der Waals surface area contributed by atoms with Gasteiger partial charge in [0.1, 0.15) is 0 Å². The van der Waals surface area contributed by atoms with E-state index in [1.165, 1.54) is 0 Å². The number of amides is 3. The number of likely N-dealkylation sites (N-methyl/N-ethyl adjacent to an activating group) is 1. The normalized spacial score (nSPS) is 23.1. The maximum absolute atomic E-state index is 13.6. The molecular formula is C24H29BrN4O3. The maximum Gasteiger partial charge on any atom is 0.329 e. The molecule has 3 amide bonds. The van der Waals surface area contributed by atoms with Crippen molar-refractivity contribution in [2.75, 3.05) is 29.9 Å². The van der Waals surface area contributed by atoms with E-state index in [0.717, 1.165) is 42.8 Å². The van der Waals surface area contributed by atoms with Crippen LogP contribution in [0.4, 0.5) is 16.2 Å². The largest absolute Gasteiger partial charge is 0.359 e. The minimum absolute atomic E-state index is 0.226. The third-order valence-corrected chi connectivity index (χ3v) is 6.94. The van der Waals surface area contributed by atoms with Gasteiger partial charge in [0, 0.05) is 28.3 Å². The van der Waals surface area contributed by atoms with Gasteiger partial charge in [0.15, 0.2) is 0 Å². The molecule has 0 unspecified atom stereocenters. The first-order valence-corrected chi connectivity index (χ1v) is 11.9. The molecule has 0 saturated carbocycles. The number of carbonyl (C=O) groups is 2. The highest BCUT2D eigenvalue weighted by atomic mass is 79.9. The maximum atomic E-state index is 13.6. The number of hydrogen-bond acceptors (Lipinski definition) is 4. The Kier molecular flexibility index (Phi) is 6.55. The fourth-order valence-corrected chi connectivity index (χ4v) is 5.00. The van der Waals surface area contributed by atoms with E-state index in [4.69, 9.17) is 0 Å². The van der Waals surface area contributed by atoms with Crippen LogP contribution in [0.1, 0.15) is 37.8 Å². The second kappa shape index (κ2) is 9.21. The van der Waals surface area contributed by atoms with Crippen molar-refractivity contribution in [1.29, 1.82) is 0 Å². The van der Waals surface area contributed by atoms with Crippen molar-refractivity contribution in [3.63, 3.8) is 0 Å². The van der Waals surface area contributed by atoms with Gasteiger partial charge in [-0.05, 0) is 68.2 Å². The molecule has 0 aliphatic carbocycles. The van der Waals surface area contributed by atoms with E-state index in [-0.39, 0.29) is 6.04 Å². The molecule has 8 heteroatoms. The topological polar surface area (TPSA) is 84.9 Å². The van der Waals surface area contributed by atoms with Crippen LogP contribution in [0.2, 0.25) is 0 Å². The van der Waals surface area contributed by atoms with E-state index in [2.05, 4.69) is 38.4 Å². The fourth-order valence-electron chi connectivity index (χ4n) is 4.64. The van der Waals surface area contributed by atoms with Crippen LogP contribution < -0.4 is 15.5 Å². The molecule has 170 valence electrons. The Hall–Kier alpha value is -2.42. The third kappa shape index (κ3) is 4.02. The molecule has 2 aliphatic heterocycles. The van der Waals surface area contributed by atoms with Crippen LogP contribution in [0, 0.1) is 0 Å². The number of aliphatic hydroxyl groups is 1. The molecule has 4 rings (SSSR count). The summed E-state index contributed by atoms with van der Waals surface area (Å²) >= 11 is 3.43. The lowest BCUT2D eigenvalue weighted by atomic mass is 9.94. The number of likely N-dealkylation sites (tertiary alicyclic amines) is 1. The summed E-state index contributed by atoms with van der Waals surface area (Å²) in [6.07, 6.45) is 2.94. The third-order valence-electron chi connectivity index (χ3n) is 6.45. The number of nitrogens with zero attached hydrogens (tertiary/aromatic N) is 2. The lowest BCUT2D eigenvalue weighted by molar-refractivity contribution is -0.140. The quantitative estimate of drug-likeness (QED) is 0.562. The van der Waals surface area contributed by atoms with Crippen molar-refractivity contribution in [2.45, 2.75) is 44.9 Å². The highest BCUT2D eigenvalue weighted by Crippen LogP contribution is 2.41. The van der Waals surface area contributed by atoms with Crippen LogP contribution >= 0.6 is 15.9 Å². The molecule has 0 spiro atoms. The molecular weight excluding hydrogens is 472 g/mol. The highest BCUT2D eigenvalue weighted by molar-refractivity contribution is 9.10. The van der Waals surface area contributed by atoms with Gasteiger partial charge in [-0.3, -0.25) is 14.6 Å². The van der Waals surface area contributed by atoms with Gasteiger partial charge in [-0.25, -0.2) is 4.79 Å². The first-order chi connectivity index (χ1) is 15.4. The van der Waals surface area contributed by atoms with Crippen LogP contribution in [0.5, 0.6) is 0 Å². The van der Waals surface area contributed by atoms with Crippen LogP contribution in [0.15, 0.2) is 46.9 Å². The fraction of sp³-hybridized carbons (Fsp3) is 0.417. The molecule has 2 aliphatic rings. The minimum Gasteiger partial charge on any atom is -0.359 e. The Morgan fingerprint density at radius 1 is 1.25 bits per heavy atom. The lowest BCUT2D eigenvalue weighted by Gasteiger charge is -2.43.